The highest BCUT2D eigenvalue weighted by Gasteiger charge is 2.62. The number of rotatable bonds is 9. The normalized spacial score (nSPS) is 26.0. The zero-order chi connectivity index (χ0) is 43.4. The molecule has 61 heavy (non-hydrogen) atoms. The van der Waals surface area contributed by atoms with Gasteiger partial charge in [-0.3, -0.25) is 19.1 Å². The standard InChI is InChI=1S/C48H57FN4O6S2/c1-28(2)39-27-60-44(51-39)38-23-42(36-16-14-29(3)31(5)43(36)50-38)59-35-22-40-41(54)25-48(46(56)52-61(57,58)47(6)18-19-47)24-34(48)13-11-9-7-8-10-12-33(45(55)53(40)26-35)21-32-15-17-37(49)30(4)20-32/h11,13-17,20,23,27-28,33-35,40H,7-10,12,18-19,21-22,24-26H2,1-6H3,(H,52,56)/b13-11-/t33-,34-,35-,40+,48-/m1/s1. The van der Waals surface area contributed by atoms with Gasteiger partial charge in [-0.25, -0.2) is 22.8 Å². The number of carbonyl (C=O) groups excluding carboxylic acids is 3. The Morgan fingerprint density at radius 1 is 1.05 bits per heavy atom. The molecule has 0 unspecified atom stereocenters. The van der Waals surface area contributed by atoms with Gasteiger partial charge in [-0.15, -0.1) is 11.3 Å². The third kappa shape index (κ3) is 8.66. The number of carbonyl (C=O) groups is 3. The predicted octanol–water partition coefficient (Wildman–Crippen LogP) is 9.24. The maximum atomic E-state index is 15.0. The van der Waals surface area contributed by atoms with E-state index >= 15 is 4.79 Å². The van der Waals surface area contributed by atoms with Gasteiger partial charge in [0.1, 0.15) is 28.4 Å². The van der Waals surface area contributed by atoms with Gasteiger partial charge in [-0.05, 0) is 119 Å². The molecule has 4 aliphatic rings. The number of Topliss-reactive ketones (excluding diaryl/α,β-unsaturated/α-hetero) is 1. The summed E-state index contributed by atoms with van der Waals surface area (Å²) in [4.78, 5) is 55.6. The second kappa shape index (κ2) is 16.7. The minimum absolute atomic E-state index is 0.141. The number of amides is 2. The number of halogens is 1. The molecule has 0 spiro atoms. The average molecular weight is 869 g/mol. The van der Waals surface area contributed by atoms with Gasteiger partial charge in [0.15, 0.2) is 5.78 Å². The highest BCUT2D eigenvalue weighted by molar-refractivity contribution is 7.91. The van der Waals surface area contributed by atoms with Gasteiger partial charge >= 0.3 is 0 Å². The van der Waals surface area contributed by atoms with E-state index in [-0.39, 0.29) is 48.7 Å². The molecule has 2 aromatic carbocycles. The minimum atomic E-state index is -3.94. The number of nitrogens with one attached hydrogen (secondary N) is 1. The number of ether oxygens (including phenoxy) is 1. The Morgan fingerprint density at radius 2 is 1.84 bits per heavy atom. The van der Waals surface area contributed by atoms with Gasteiger partial charge in [0.05, 0.1) is 34.0 Å². The Bertz CT molecular complexity index is 2530. The molecule has 1 N–H and O–H groups in total. The molecule has 2 amide bonds. The van der Waals surface area contributed by atoms with Crippen LogP contribution in [0, 0.1) is 43.8 Å². The van der Waals surface area contributed by atoms with Crippen LogP contribution in [-0.2, 0) is 30.8 Å². The number of nitrogens with zero attached hydrogens (tertiary/aromatic N) is 3. The van der Waals surface area contributed by atoms with Crippen molar-refractivity contribution in [2.45, 2.75) is 135 Å². The van der Waals surface area contributed by atoms with E-state index in [0.29, 0.717) is 49.1 Å². The van der Waals surface area contributed by atoms with Crippen LogP contribution in [0.3, 0.4) is 0 Å². The lowest BCUT2D eigenvalue weighted by Gasteiger charge is -2.29. The summed E-state index contributed by atoms with van der Waals surface area (Å²) >= 11 is 1.53. The maximum Gasteiger partial charge on any atom is 0.240 e. The summed E-state index contributed by atoms with van der Waals surface area (Å²) in [6, 6.07) is 9.98. The fourth-order valence-electron chi connectivity index (χ4n) is 9.09. The molecule has 4 heterocycles. The van der Waals surface area contributed by atoms with Crippen molar-refractivity contribution in [3.8, 4) is 16.5 Å². The fraction of sp³-hybridized carbons (Fsp3) is 0.521. The Hall–Kier alpha value is -4.49. The topological polar surface area (TPSA) is 136 Å². The van der Waals surface area contributed by atoms with Crippen molar-refractivity contribution >= 4 is 49.9 Å². The highest BCUT2D eigenvalue weighted by Crippen LogP contribution is 2.58. The van der Waals surface area contributed by atoms with Crippen LogP contribution in [0.2, 0.25) is 0 Å². The summed E-state index contributed by atoms with van der Waals surface area (Å²) < 4.78 is 49.3. The largest absolute Gasteiger partial charge is 0.488 e. The number of fused-ring (bicyclic) bond motifs is 3. The Morgan fingerprint density at radius 3 is 2.56 bits per heavy atom. The molecule has 2 aromatic heterocycles. The van der Waals surface area contributed by atoms with Gasteiger partial charge in [0.2, 0.25) is 21.8 Å². The van der Waals surface area contributed by atoms with Gasteiger partial charge in [-0.1, -0.05) is 57.0 Å². The summed E-state index contributed by atoms with van der Waals surface area (Å²) in [5.74, 6) is -1.37. The van der Waals surface area contributed by atoms with Crippen LogP contribution in [0.25, 0.3) is 21.6 Å². The van der Waals surface area contributed by atoms with Gasteiger partial charge in [-0.2, -0.15) is 0 Å². The van der Waals surface area contributed by atoms with Crippen LogP contribution < -0.4 is 9.46 Å². The molecule has 1 saturated heterocycles. The van der Waals surface area contributed by atoms with Crippen LogP contribution >= 0.6 is 11.3 Å². The third-order valence-corrected chi connectivity index (χ3v) is 16.8. The summed E-state index contributed by atoms with van der Waals surface area (Å²) in [7, 11) is -3.94. The van der Waals surface area contributed by atoms with Gasteiger partial charge < -0.3 is 9.64 Å². The van der Waals surface area contributed by atoms with Crippen LogP contribution in [-0.4, -0.2) is 64.3 Å². The quantitative estimate of drug-likeness (QED) is 0.165. The van der Waals surface area contributed by atoms with Gasteiger partial charge in [0.25, 0.3) is 0 Å². The molecule has 3 fully saturated rings. The molecule has 2 aliphatic carbocycles. The molecule has 324 valence electrons. The first-order chi connectivity index (χ1) is 29.0. The summed E-state index contributed by atoms with van der Waals surface area (Å²) in [6.45, 7) is 11.8. The Balaban J connectivity index is 1.15. The molecule has 0 bridgehead atoms. The Labute approximate surface area is 362 Å². The first kappa shape index (κ1) is 43.2. The highest BCUT2D eigenvalue weighted by atomic mass is 32.2. The molecule has 4 aromatic rings. The number of allylic oxidation sites excluding steroid dienone is 2. The number of pyridine rings is 1. The molecule has 8 rings (SSSR count). The van der Waals surface area contributed by atoms with Crippen molar-refractivity contribution in [1.29, 1.82) is 0 Å². The van der Waals surface area contributed by atoms with Crippen molar-refractivity contribution in [2.24, 2.45) is 17.3 Å². The van der Waals surface area contributed by atoms with E-state index in [9.17, 15) is 22.4 Å². The number of sulfonamides is 1. The second-order valence-electron chi connectivity index (χ2n) is 18.7. The monoisotopic (exact) mass is 868 g/mol. The average Bonchev–Trinajstić information content (AvgIpc) is 3.99. The zero-order valence-corrected chi connectivity index (χ0v) is 37.7. The molecule has 2 saturated carbocycles. The minimum Gasteiger partial charge on any atom is -0.488 e. The lowest BCUT2D eigenvalue weighted by molar-refractivity contribution is -0.142. The fourth-order valence-corrected chi connectivity index (χ4v) is 11.4. The third-order valence-electron chi connectivity index (χ3n) is 13.8. The van der Waals surface area contributed by atoms with E-state index in [0.717, 1.165) is 64.0 Å². The molecule has 5 atom stereocenters. The van der Waals surface area contributed by atoms with Crippen molar-refractivity contribution in [1.82, 2.24) is 19.6 Å². The molecular formula is C48H57FN4O6S2. The summed E-state index contributed by atoms with van der Waals surface area (Å²) in [6.07, 6.45) is 9.03. The second-order valence-corrected chi connectivity index (χ2v) is 21.7. The van der Waals surface area contributed by atoms with Crippen LogP contribution in [0.4, 0.5) is 4.39 Å². The Kier molecular flexibility index (Phi) is 11.8. The van der Waals surface area contributed by atoms with Crippen LogP contribution in [0.15, 0.2) is 53.9 Å². The van der Waals surface area contributed by atoms with E-state index in [1.807, 2.05) is 49.6 Å². The van der Waals surface area contributed by atoms with Crippen molar-refractivity contribution in [3.63, 3.8) is 0 Å². The number of thiazole rings is 1. The summed E-state index contributed by atoms with van der Waals surface area (Å²) in [5.41, 5.74) is 4.66. The number of ketones is 1. The molecule has 13 heteroatoms. The van der Waals surface area contributed by atoms with E-state index in [2.05, 4.69) is 18.6 Å². The maximum absolute atomic E-state index is 15.0. The molecular weight excluding hydrogens is 812 g/mol. The van der Waals surface area contributed by atoms with Crippen LogP contribution in [0.1, 0.15) is 119 Å². The number of aromatic nitrogens is 2. The zero-order valence-electron chi connectivity index (χ0n) is 36.1. The van der Waals surface area contributed by atoms with Gasteiger partial charge in [0, 0.05) is 35.6 Å². The smallest absolute Gasteiger partial charge is 0.240 e. The van der Waals surface area contributed by atoms with Crippen molar-refractivity contribution < 1.29 is 31.9 Å². The summed E-state index contributed by atoms with van der Waals surface area (Å²) in [5, 5.41) is 3.63. The molecule has 0 radical (unpaired) electrons. The van der Waals surface area contributed by atoms with Crippen LogP contribution in [0.5, 0.6) is 5.75 Å². The molecule has 2 aliphatic heterocycles. The van der Waals surface area contributed by atoms with Crippen molar-refractivity contribution in [2.75, 3.05) is 6.54 Å². The van der Waals surface area contributed by atoms with E-state index < -0.39 is 44.2 Å². The van der Waals surface area contributed by atoms with E-state index in [1.54, 1.807) is 30.9 Å². The first-order valence-corrected chi connectivity index (χ1v) is 24.2. The van der Waals surface area contributed by atoms with Crippen molar-refractivity contribution in [3.05, 3.63) is 87.7 Å². The molecule has 10 nitrogen and oxygen atoms in total. The number of aryl methyl sites for hydroxylation is 3. The number of hydrogen-bond acceptors (Lipinski definition) is 9. The van der Waals surface area contributed by atoms with E-state index in [4.69, 9.17) is 14.7 Å². The number of benzene rings is 2. The lowest BCUT2D eigenvalue weighted by Crippen LogP contribution is -2.47. The number of hydrogen-bond donors (Lipinski definition) is 1. The first-order valence-electron chi connectivity index (χ1n) is 21.8. The lowest BCUT2D eigenvalue weighted by atomic mass is 9.89. The van der Waals surface area contributed by atoms with E-state index in [1.165, 1.54) is 17.4 Å². The SMILES string of the molecule is Cc1cc(C[C@H]2CCCCC/C=C\[C@@H]3C[C@@]3(C(=O)NS(=O)(=O)C3(C)CC3)CC(=O)[C@@H]3C[C@@H](Oc4cc(-c5nc(C(C)C)cs5)nc5c(C)c(C)ccc45)CN3C2=O)ccc1F. The predicted molar refractivity (Wildman–Crippen MR) is 236 cm³/mol.